The SMILES string of the molecule is CCS(=O)(=O)N[C@@H]1CC[C@@H](CN2CCC3(CC2)CN(c2nc(C)ncc2Oc2ccc(F)cc2C(=O)NC(C)C)C3)OC1. The number of nitrogens with one attached hydrogen (secondary N) is 2. The molecular weight excluding hydrogens is 575 g/mol. The summed E-state index contributed by atoms with van der Waals surface area (Å²) in [5, 5.41) is 2.80. The Morgan fingerprint density at radius 3 is 2.60 bits per heavy atom. The molecule has 3 aliphatic heterocycles. The van der Waals surface area contributed by atoms with E-state index in [1.54, 1.807) is 13.1 Å². The number of carbonyl (C=O) groups is 1. The molecule has 2 atom stereocenters. The minimum absolute atomic E-state index is 0.0808. The quantitative estimate of drug-likeness (QED) is 0.413. The van der Waals surface area contributed by atoms with E-state index in [0.717, 1.165) is 58.4 Å². The summed E-state index contributed by atoms with van der Waals surface area (Å²) in [6.45, 7) is 12.1. The van der Waals surface area contributed by atoms with Crippen LogP contribution >= 0.6 is 0 Å². The number of amides is 1. The molecule has 1 aromatic heterocycles. The topological polar surface area (TPSA) is 126 Å². The Kier molecular flexibility index (Phi) is 9.55. The number of benzene rings is 1. The minimum atomic E-state index is -3.22. The van der Waals surface area contributed by atoms with Crippen molar-refractivity contribution in [3.05, 3.63) is 41.6 Å². The van der Waals surface area contributed by atoms with Crippen LogP contribution in [0.2, 0.25) is 0 Å². The van der Waals surface area contributed by atoms with E-state index in [4.69, 9.17) is 9.47 Å². The van der Waals surface area contributed by atoms with Crippen LogP contribution < -0.4 is 19.7 Å². The van der Waals surface area contributed by atoms with Crippen molar-refractivity contribution in [2.45, 2.75) is 71.6 Å². The lowest BCUT2D eigenvalue weighted by Gasteiger charge is -2.54. The van der Waals surface area contributed by atoms with Gasteiger partial charge in [-0.15, -0.1) is 0 Å². The highest BCUT2D eigenvalue weighted by atomic mass is 32.2. The molecule has 11 nitrogen and oxygen atoms in total. The zero-order chi connectivity index (χ0) is 30.8. The van der Waals surface area contributed by atoms with E-state index in [2.05, 4.69) is 29.8 Å². The van der Waals surface area contributed by atoms with Gasteiger partial charge in [-0.05, 0) is 84.7 Å². The maximum atomic E-state index is 14.0. The van der Waals surface area contributed by atoms with Gasteiger partial charge in [0.15, 0.2) is 11.6 Å². The molecule has 3 aliphatic rings. The van der Waals surface area contributed by atoms with Gasteiger partial charge in [0.1, 0.15) is 17.4 Å². The molecule has 0 radical (unpaired) electrons. The third-order valence-electron chi connectivity index (χ3n) is 8.51. The average Bonchev–Trinajstić information content (AvgIpc) is 2.95. The molecule has 43 heavy (non-hydrogen) atoms. The number of piperidine rings is 1. The zero-order valence-corrected chi connectivity index (χ0v) is 26.3. The Labute approximate surface area is 253 Å². The molecular formula is C30H43FN6O5S. The highest BCUT2D eigenvalue weighted by Gasteiger charge is 2.46. The standard InChI is InChI=1S/C30H43FN6O5S/c1-5-43(39,40)35-23-7-8-24(41-17-23)16-36-12-10-30(11-13-36)18-37(19-30)28-27(15-32-21(4)34-28)42-26-9-6-22(31)14-25(26)29(38)33-20(2)3/h6,9,14-15,20,23-24,35H,5,7-8,10-13,16-19H2,1-4H3,(H,33,38)/t23-,24+/m1/s1. The van der Waals surface area contributed by atoms with E-state index < -0.39 is 21.7 Å². The zero-order valence-electron chi connectivity index (χ0n) is 25.4. The number of hydrogen-bond donors (Lipinski definition) is 2. The molecule has 1 spiro atoms. The molecule has 0 bridgehead atoms. The Morgan fingerprint density at radius 2 is 1.95 bits per heavy atom. The number of aromatic nitrogens is 2. The molecule has 0 aliphatic carbocycles. The number of halogens is 1. The third kappa shape index (κ3) is 7.81. The lowest BCUT2D eigenvalue weighted by molar-refractivity contribution is -0.0299. The number of aryl methyl sites for hydroxylation is 1. The van der Waals surface area contributed by atoms with Crippen LogP contribution in [0.5, 0.6) is 11.5 Å². The van der Waals surface area contributed by atoms with Crippen LogP contribution in [-0.4, -0.2) is 92.5 Å². The Morgan fingerprint density at radius 1 is 1.21 bits per heavy atom. The summed E-state index contributed by atoms with van der Waals surface area (Å²) in [7, 11) is -3.22. The van der Waals surface area contributed by atoms with Crippen molar-refractivity contribution in [2.75, 3.05) is 50.0 Å². The number of hydrogen-bond acceptors (Lipinski definition) is 9. The van der Waals surface area contributed by atoms with Crippen molar-refractivity contribution in [3.8, 4) is 11.5 Å². The first-order valence-electron chi connectivity index (χ1n) is 15.1. The van der Waals surface area contributed by atoms with Crippen molar-refractivity contribution < 1.29 is 27.1 Å². The number of anilines is 1. The Balaban J connectivity index is 1.16. The van der Waals surface area contributed by atoms with Gasteiger partial charge in [-0.3, -0.25) is 4.79 Å². The minimum Gasteiger partial charge on any atom is -0.451 e. The molecule has 1 amide bonds. The van der Waals surface area contributed by atoms with Gasteiger partial charge in [0.05, 0.1) is 30.2 Å². The lowest BCUT2D eigenvalue weighted by atomic mass is 9.72. The number of carbonyl (C=O) groups excluding carboxylic acids is 1. The molecule has 2 N–H and O–H groups in total. The second-order valence-electron chi connectivity index (χ2n) is 12.4. The van der Waals surface area contributed by atoms with Gasteiger partial charge in [-0.25, -0.2) is 27.5 Å². The molecule has 236 valence electrons. The Bertz CT molecular complexity index is 1400. The summed E-state index contributed by atoms with van der Waals surface area (Å²) in [6, 6.07) is 3.66. The molecule has 0 unspecified atom stereocenters. The smallest absolute Gasteiger partial charge is 0.255 e. The van der Waals surface area contributed by atoms with Gasteiger partial charge in [0, 0.05) is 37.1 Å². The summed E-state index contributed by atoms with van der Waals surface area (Å²) in [5.74, 6) is 1.12. The highest BCUT2D eigenvalue weighted by molar-refractivity contribution is 7.89. The first-order chi connectivity index (χ1) is 20.4. The van der Waals surface area contributed by atoms with Gasteiger partial charge >= 0.3 is 0 Å². The number of sulfonamides is 1. The fourth-order valence-corrected chi connectivity index (χ4v) is 6.94. The van der Waals surface area contributed by atoms with E-state index in [1.165, 1.54) is 18.2 Å². The normalized spacial score (nSPS) is 22.4. The van der Waals surface area contributed by atoms with Crippen LogP contribution in [0.3, 0.4) is 0 Å². The van der Waals surface area contributed by atoms with Crippen LogP contribution in [0.1, 0.15) is 62.6 Å². The van der Waals surface area contributed by atoms with Crippen LogP contribution in [0, 0.1) is 18.2 Å². The van der Waals surface area contributed by atoms with E-state index >= 15 is 0 Å². The fraction of sp³-hybridized carbons (Fsp3) is 0.633. The monoisotopic (exact) mass is 618 g/mol. The number of ether oxygens (including phenoxy) is 2. The molecule has 3 fully saturated rings. The maximum absolute atomic E-state index is 14.0. The largest absolute Gasteiger partial charge is 0.451 e. The van der Waals surface area contributed by atoms with E-state index in [-0.39, 0.29) is 40.7 Å². The second kappa shape index (κ2) is 13.0. The lowest BCUT2D eigenvalue weighted by Crippen LogP contribution is -2.61. The average molecular weight is 619 g/mol. The van der Waals surface area contributed by atoms with Crippen LogP contribution in [0.15, 0.2) is 24.4 Å². The van der Waals surface area contributed by atoms with Crippen molar-refractivity contribution in [1.29, 1.82) is 0 Å². The Hall–Kier alpha value is -2.87. The molecule has 13 heteroatoms. The molecule has 5 rings (SSSR count). The number of likely N-dealkylation sites (tertiary alicyclic amines) is 1. The number of rotatable bonds is 10. The predicted octanol–water partition coefficient (Wildman–Crippen LogP) is 3.24. The predicted molar refractivity (Wildman–Crippen MR) is 162 cm³/mol. The fourth-order valence-electron chi connectivity index (χ4n) is 6.08. The van der Waals surface area contributed by atoms with Gasteiger partial charge in [-0.1, -0.05) is 0 Å². The summed E-state index contributed by atoms with van der Waals surface area (Å²) in [5.41, 5.74) is 0.314. The van der Waals surface area contributed by atoms with E-state index in [0.29, 0.717) is 24.0 Å². The van der Waals surface area contributed by atoms with Crippen LogP contribution in [0.4, 0.5) is 10.2 Å². The van der Waals surface area contributed by atoms with Gasteiger partial charge in [-0.2, -0.15) is 0 Å². The van der Waals surface area contributed by atoms with Crippen molar-refractivity contribution in [3.63, 3.8) is 0 Å². The van der Waals surface area contributed by atoms with Crippen molar-refractivity contribution >= 4 is 21.7 Å². The molecule has 1 aromatic carbocycles. The summed E-state index contributed by atoms with van der Waals surface area (Å²) >= 11 is 0. The number of nitrogens with zero attached hydrogens (tertiary/aromatic N) is 4. The van der Waals surface area contributed by atoms with Crippen molar-refractivity contribution in [2.24, 2.45) is 5.41 Å². The van der Waals surface area contributed by atoms with E-state index in [1.807, 2.05) is 20.8 Å². The van der Waals surface area contributed by atoms with Gasteiger partial charge in [0.25, 0.3) is 5.91 Å². The molecule has 2 aromatic rings. The van der Waals surface area contributed by atoms with E-state index in [9.17, 15) is 17.6 Å². The summed E-state index contributed by atoms with van der Waals surface area (Å²) in [4.78, 5) is 26.4. The maximum Gasteiger partial charge on any atom is 0.255 e. The highest BCUT2D eigenvalue weighted by Crippen LogP contribution is 2.45. The van der Waals surface area contributed by atoms with Gasteiger partial charge in [0.2, 0.25) is 10.0 Å². The second-order valence-corrected chi connectivity index (χ2v) is 14.4. The first kappa shape index (κ1) is 31.6. The summed E-state index contributed by atoms with van der Waals surface area (Å²) < 4.78 is 52.7. The van der Waals surface area contributed by atoms with Crippen LogP contribution in [0.25, 0.3) is 0 Å². The van der Waals surface area contributed by atoms with Crippen LogP contribution in [-0.2, 0) is 14.8 Å². The molecule has 0 saturated carbocycles. The molecule has 3 saturated heterocycles. The first-order valence-corrected chi connectivity index (χ1v) is 16.8. The van der Waals surface area contributed by atoms with Gasteiger partial charge < -0.3 is 24.6 Å². The third-order valence-corrected chi connectivity index (χ3v) is 9.96. The molecule has 4 heterocycles. The summed E-state index contributed by atoms with van der Waals surface area (Å²) in [6.07, 6.45) is 5.50. The van der Waals surface area contributed by atoms with Crippen molar-refractivity contribution in [1.82, 2.24) is 24.9 Å².